The van der Waals surface area contributed by atoms with Crippen LogP contribution in [0.5, 0.6) is 0 Å². The van der Waals surface area contributed by atoms with Gasteiger partial charge in [0.1, 0.15) is 0 Å². The quantitative estimate of drug-likeness (QED) is 0.795. The molecule has 0 aliphatic carbocycles. The van der Waals surface area contributed by atoms with Gasteiger partial charge >= 0.3 is 0 Å². The SMILES string of the molecule is COC1c2ccccc2C(=O)N1CCCBr. The zero-order valence-electron chi connectivity index (χ0n) is 9.15. The molecule has 2 rings (SSSR count). The molecule has 1 heterocycles. The Morgan fingerprint density at radius 1 is 1.44 bits per heavy atom. The van der Waals surface area contributed by atoms with Crippen molar-refractivity contribution in [2.75, 3.05) is 19.0 Å². The second kappa shape index (κ2) is 4.97. The van der Waals surface area contributed by atoms with Crippen LogP contribution in [0, 0.1) is 0 Å². The zero-order chi connectivity index (χ0) is 11.5. The van der Waals surface area contributed by atoms with E-state index < -0.39 is 0 Å². The average molecular weight is 284 g/mol. The number of rotatable bonds is 4. The molecule has 16 heavy (non-hydrogen) atoms. The molecule has 1 aromatic carbocycles. The van der Waals surface area contributed by atoms with Crippen LogP contribution in [0.3, 0.4) is 0 Å². The zero-order valence-corrected chi connectivity index (χ0v) is 10.7. The predicted molar refractivity (Wildman–Crippen MR) is 65.6 cm³/mol. The van der Waals surface area contributed by atoms with E-state index in [2.05, 4.69) is 15.9 Å². The molecule has 0 spiro atoms. The van der Waals surface area contributed by atoms with E-state index in [1.165, 1.54) is 0 Å². The third kappa shape index (κ3) is 1.87. The summed E-state index contributed by atoms with van der Waals surface area (Å²) in [6, 6.07) is 7.64. The molecule has 0 bridgehead atoms. The van der Waals surface area contributed by atoms with Gasteiger partial charge in [0.15, 0.2) is 6.23 Å². The van der Waals surface area contributed by atoms with Crippen LogP contribution in [-0.2, 0) is 4.74 Å². The van der Waals surface area contributed by atoms with Crippen molar-refractivity contribution in [3.8, 4) is 0 Å². The number of carbonyl (C=O) groups is 1. The monoisotopic (exact) mass is 283 g/mol. The third-order valence-electron chi connectivity index (χ3n) is 2.76. The lowest BCUT2D eigenvalue weighted by Gasteiger charge is -2.23. The van der Waals surface area contributed by atoms with Crippen molar-refractivity contribution in [3.05, 3.63) is 35.4 Å². The van der Waals surface area contributed by atoms with Gasteiger partial charge in [0.25, 0.3) is 5.91 Å². The summed E-state index contributed by atoms with van der Waals surface area (Å²) < 4.78 is 5.41. The van der Waals surface area contributed by atoms with Crippen molar-refractivity contribution < 1.29 is 9.53 Å². The highest BCUT2D eigenvalue weighted by molar-refractivity contribution is 9.09. The maximum atomic E-state index is 12.1. The van der Waals surface area contributed by atoms with Gasteiger partial charge < -0.3 is 9.64 Å². The first-order valence-electron chi connectivity index (χ1n) is 5.28. The fourth-order valence-corrected chi connectivity index (χ4v) is 2.29. The van der Waals surface area contributed by atoms with Crippen molar-refractivity contribution in [3.63, 3.8) is 0 Å². The maximum Gasteiger partial charge on any atom is 0.256 e. The molecule has 0 aromatic heterocycles. The summed E-state index contributed by atoms with van der Waals surface area (Å²) in [5.41, 5.74) is 1.74. The molecule has 1 aliphatic rings. The number of hydrogen-bond acceptors (Lipinski definition) is 2. The second-order valence-corrected chi connectivity index (χ2v) is 4.51. The Bertz CT molecular complexity index is 394. The lowest BCUT2D eigenvalue weighted by molar-refractivity contribution is -0.0122. The number of carbonyl (C=O) groups excluding carboxylic acids is 1. The summed E-state index contributed by atoms with van der Waals surface area (Å²) in [6.45, 7) is 0.720. The second-order valence-electron chi connectivity index (χ2n) is 3.72. The molecular formula is C12H14BrNO2. The number of alkyl halides is 1. The standard InChI is InChI=1S/C12H14BrNO2/c1-16-12-10-6-3-2-5-9(10)11(15)14(12)8-4-7-13/h2-3,5-6,12H,4,7-8H2,1H3. The fraction of sp³-hybridized carbons (Fsp3) is 0.417. The van der Waals surface area contributed by atoms with Crippen molar-refractivity contribution >= 4 is 21.8 Å². The molecule has 1 unspecified atom stereocenters. The maximum absolute atomic E-state index is 12.1. The van der Waals surface area contributed by atoms with Crippen molar-refractivity contribution in [1.29, 1.82) is 0 Å². The number of hydrogen-bond donors (Lipinski definition) is 0. The molecule has 1 atom stereocenters. The van der Waals surface area contributed by atoms with Gasteiger partial charge in [0, 0.05) is 30.1 Å². The largest absolute Gasteiger partial charge is 0.357 e. The van der Waals surface area contributed by atoms with E-state index in [1.807, 2.05) is 24.3 Å². The highest BCUT2D eigenvalue weighted by Crippen LogP contribution is 2.33. The molecule has 0 saturated heterocycles. The van der Waals surface area contributed by atoms with Gasteiger partial charge in [-0.15, -0.1) is 0 Å². The highest BCUT2D eigenvalue weighted by Gasteiger charge is 2.35. The highest BCUT2D eigenvalue weighted by atomic mass is 79.9. The summed E-state index contributed by atoms with van der Waals surface area (Å²) >= 11 is 3.37. The topological polar surface area (TPSA) is 29.5 Å². The Morgan fingerprint density at radius 2 is 2.19 bits per heavy atom. The first kappa shape index (κ1) is 11.6. The van der Waals surface area contributed by atoms with Gasteiger partial charge in [-0.3, -0.25) is 4.79 Å². The number of methoxy groups -OCH3 is 1. The number of amides is 1. The van der Waals surface area contributed by atoms with E-state index in [4.69, 9.17) is 4.74 Å². The summed E-state index contributed by atoms with van der Waals surface area (Å²) in [5.74, 6) is 0.0726. The van der Waals surface area contributed by atoms with Gasteiger partial charge in [-0.25, -0.2) is 0 Å². The molecule has 0 fully saturated rings. The molecule has 0 radical (unpaired) electrons. The van der Waals surface area contributed by atoms with Gasteiger partial charge in [-0.05, 0) is 12.5 Å². The number of benzene rings is 1. The van der Waals surface area contributed by atoms with E-state index in [-0.39, 0.29) is 12.1 Å². The van der Waals surface area contributed by atoms with E-state index in [0.717, 1.165) is 29.4 Å². The minimum Gasteiger partial charge on any atom is -0.357 e. The number of nitrogens with zero attached hydrogens (tertiary/aromatic N) is 1. The van der Waals surface area contributed by atoms with Crippen LogP contribution in [0.2, 0.25) is 0 Å². The van der Waals surface area contributed by atoms with Gasteiger partial charge in [-0.1, -0.05) is 34.1 Å². The molecule has 0 saturated carbocycles. The molecule has 1 amide bonds. The lowest BCUT2D eigenvalue weighted by Crippen LogP contribution is -2.30. The fourth-order valence-electron chi connectivity index (χ4n) is 2.04. The summed E-state index contributed by atoms with van der Waals surface area (Å²) in [7, 11) is 1.64. The summed E-state index contributed by atoms with van der Waals surface area (Å²) in [6.07, 6.45) is 0.710. The Kier molecular flexibility index (Phi) is 3.61. The first-order valence-corrected chi connectivity index (χ1v) is 6.40. The van der Waals surface area contributed by atoms with Crippen molar-refractivity contribution in [1.82, 2.24) is 4.90 Å². The van der Waals surface area contributed by atoms with Crippen LogP contribution in [-0.4, -0.2) is 29.8 Å². The minimum absolute atomic E-state index is 0.0726. The molecule has 1 aromatic rings. The Labute approximate surface area is 104 Å². The molecule has 4 heteroatoms. The smallest absolute Gasteiger partial charge is 0.256 e. The summed E-state index contributed by atoms with van der Waals surface area (Å²) in [4.78, 5) is 13.9. The van der Waals surface area contributed by atoms with Crippen LogP contribution in [0.1, 0.15) is 28.6 Å². The Morgan fingerprint density at radius 3 is 2.88 bits per heavy atom. The lowest BCUT2D eigenvalue weighted by atomic mass is 10.1. The van der Waals surface area contributed by atoms with Gasteiger partial charge in [0.2, 0.25) is 0 Å². The third-order valence-corrected chi connectivity index (χ3v) is 3.32. The number of halogens is 1. The summed E-state index contributed by atoms with van der Waals surface area (Å²) in [5, 5.41) is 0.892. The van der Waals surface area contributed by atoms with Gasteiger partial charge in [0.05, 0.1) is 0 Å². The Balaban J connectivity index is 2.28. The number of ether oxygens (including phenoxy) is 1. The van der Waals surface area contributed by atoms with E-state index in [9.17, 15) is 4.79 Å². The van der Waals surface area contributed by atoms with Gasteiger partial charge in [-0.2, -0.15) is 0 Å². The van der Waals surface area contributed by atoms with Crippen LogP contribution in [0.4, 0.5) is 0 Å². The Hall–Kier alpha value is -0.870. The molecule has 0 N–H and O–H groups in total. The first-order chi connectivity index (χ1) is 7.79. The van der Waals surface area contributed by atoms with Crippen molar-refractivity contribution in [2.24, 2.45) is 0 Å². The normalized spacial score (nSPS) is 19.0. The number of fused-ring (bicyclic) bond motifs is 1. The average Bonchev–Trinajstić information content (AvgIpc) is 2.60. The van der Waals surface area contributed by atoms with E-state index in [1.54, 1.807) is 12.0 Å². The van der Waals surface area contributed by atoms with Crippen LogP contribution >= 0.6 is 15.9 Å². The molecule has 1 aliphatic heterocycles. The van der Waals surface area contributed by atoms with Crippen molar-refractivity contribution in [2.45, 2.75) is 12.6 Å². The molecule has 86 valence electrons. The minimum atomic E-state index is -0.220. The van der Waals surface area contributed by atoms with E-state index >= 15 is 0 Å². The van der Waals surface area contributed by atoms with Crippen LogP contribution < -0.4 is 0 Å². The predicted octanol–water partition coefficient (Wildman–Crippen LogP) is 2.57. The molecule has 3 nitrogen and oxygen atoms in total. The van der Waals surface area contributed by atoms with E-state index in [0.29, 0.717) is 0 Å². The van der Waals surface area contributed by atoms with Crippen LogP contribution in [0.25, 0.3) is 0 Å². The molecular weight excluding hydrogens is 270 g/mol. The van der Waals surface area contributed by atoms with Crippen LogP contribution in [0.15, 0.2) is 24.3 Å².